The van der Waals surface area contributed by atoms with E-state index in [1.165, 1.54) is 0 Å². The largest absolute Gasteiger partial charge is 0.481 e. The van der Waals surface area contributed by atoms with Gasteiger partial charge in [-0.1, -0.05) is 58.8 Å². The van der Waals surface area contributed by atoms with Gasteiger partial charge in [-0.15, -0.1) is 0 Å². The van der Waals surface area contributed by atoms with E-state index >= 15 is 0 Å². The van der Waals surface area contributed by atoms with Crippen molar-refractivity contribution < 1.29 is 19.8 Å². The van der Waals surface area contributed by atoms with E-state index in [4.69, 9.17) is 10.2 Å². The molecule has 2 unspecified atom stereocenters. The number of carboxylic acid groups (broad SMARTS) is 2. The highest BCUT2D eigenvalue weighted by Gasteiger charge is 2.18. The number of hydrogen-bond acceptors (Lipinski definition) is 2. The summed E-state index contributed by atoms with van der Waals surface area (Å²) in [5.41, 5.74) is 0. The molecule has 21 heavy (non-hydrogen) atoms. The molecular formula is C17H32O4. The summed E-state index contributed by atoms with van der Waals surface area (Å²) < 4.78 is 0. The van der Waals surface area contributed by atoms with Crippen molar-refractivity contribution in [3.8, 4) is 0 Å². The lowest BCUT2D eigenvalue weighted by Crippen LogP contribution is -2.14. The third-order valence-corrected chi connectivity index (χ3v) is 4.12. The minimum Gasteiger partial charge on any atom is -0.481 e. The molecule has 0 spiro atoms. The van der Waals surface area contributed by atoms with Gasteiger partial charge in [0.05, 0.1) is 11.8 Å². The van der Waals surface area contributed by atoms with E-state index in [0.717, 1.165) is 70.6 Å². The number of aliphatic carboxylic acids is 2. The fraction of sp³-hybridized carbons (Fsp3) is 0.882. The molecule has 0 aliphatic carbocycles. The molecule has 0 aromatic heterocycles. The SMILES string of the molecule is CCCCC(CCCCCC(CCCC)C(=O)O)C(=O)O. The van der Waals surface area contributed by atoms with Crippen molar-refractivity contribution in [2.45, 2.75) is 84.5 Å². The summed E-state index contributed by atoms with van der Waals surface area (Å²) in [6.07, 6.45) is 9.69. The van der Waals surface area contributed by atoms with Crippen LogP contribution in [0.25, 0.3) is 0 Å². The monoisotopic (exact) mass is 300 g/mol. The molecule has 4 heteroatoms. The van der Waals surface area contributed by atoms with Gasteiger partial charge >= 0.3 is 11.9 Å². The van der Waals surface area contributed by atoms with Crippen LogP contribution < -0.4 is 0 Å². The van der Waals surface area contributed by atoms with E-state index in [1.54, 1.807) is 0 Å². The molecule has 0 saturated heterocycles. The molecular weight excluding hydrogens is 268 g/mol. The molecule has 0 heterocycles. The molecule has 0 aromatic carbocycles. The van der Waals surface area contributed by atoms with Gasteiger partial charge in [0.2, 0.25) is 0 Å². The lowest BCUT2D eigenvalue weighted by molar-refractivity contribution is -0.143. The van der Waals surface area contributed by atoms with Crippen molar-refractivity contribution >= 4 is 11.9 Å². The summed E-state index contributed by atoms with van der Waals surface area (Å²) in [6, 6.07) is 0. The smallest absolute Gasteiger partial charge is 0.306 e. The van der Waals surface area contributed by atoms with Crippen LogP contribution in [0.2, 0.25) is 0 Å². The van der Waals surface area contributed by atoms with Gasteiger partial charge < -0.3 is 10.2 Å². The Labute approximate surface area is 128 Å². The maximum absolute atomic E-state index is 11.1. The summed E-state index contributed by atoms with van der Waals surface area (Å²) in [7, 11) is 0. The van der Waals surface area contributed by atoms with Gasteiger partial charge in [-0.05, 0) is 25.7 Å². The fourth-order valence-corrected chi connectivity index (χ4v) is 2.64. The zero-order valence-electron chi connectivity index (χ0n) is 13.6. The lowest BCUT2D eigenvalue weighted by atomic mass is 9.92. The minimum atomic E-state index is -0.685. The molecule has 0 rings (SSSR count). The molecule has 0 fully saturated rings. The van der Waals surface area contributed by atoms with Gasteiger partial charge in [0.1, 0.15) is 0 Å². The molecule has 124 valence electrons. The first-order valence-electron chi connectivity index (χ1n) is 8.48. The van der Waals surface area contributed by atoms with Crippen molar-refractivity contribution in [1.29, 1.82) is 0 Å². The Morgan fingerprint density at radius 2 is 1.00 bits per heavy atom. The topological polar surface area (TPSA) is 74.6 Å². The normalized spacial score (nSPS) is 13.8. The van der Waals surface area contributed by atoms with E-state index in [2.05, 4.69) is 13.8 Å². The summed E-state index contributed by atoms with van der Waals surface area (Å²) in [5, 5.41) is 18.3. The van der Waals surface area contributed by atoms with Gasteiger partial charge in [0.15, 0.2) is 0 Å². The van der Waals surface area contributed by atoms with E-state index in [-0.39, 0.29) is 11.8 Å². The standard InChI is InChI=1S/C17H32O4/c1-3-5-10-14(16(18)19)12-8-7-9-13-15(17(20)21)11-6-4-2/h14-15H,3-13H2,1-2H3,(H,18,19)(H,20,21). The number of unbranched alkanes of at least 4 members (excludes halogenated alkanes) is 4. The highest BCUT2D eigenvalue weighted by atomic mass is 16.4. The maximum atomic E-state index is 11.1. The Balaban J connectivity index is 3.85. The van der Waals surface area contributed by atoms with Crippen LogP contribution in [-0.4, -0.2) is 22.2 Å². The van der Waals surface area contributed by atoms with Crippen molar-refractivity contribution in [2.75, 3.05) is 0 Å². The van der Waals surface area contributed by atoms with Crippen LogP contribution in [0.4, 0.5) is 0 Å². The third kappa shape index (κ3) is 10.3. The van der Waals surface area contributed by atoms with Crippen LogP contribution in [0.15, 0.2) is 0 Å². The molecule has 2 atom stereocenters. The average Bonchev–Trinajstić information content (AvgIpc) is 2.44. The Morgan fingerprint density at radius 3 is 1.29 bits per heavy atom. The molecule has 0 aliphatic rings. The van der Waals surface area contributed by atoms with Gasteiger partial charge in [-0.2, -0.15) is 0 Å². The van der Waals surface area contributed by atoms with E-state index in [1.807, 2.05) is 0 Å². The summed E-state index contributed by atoms with van der Waals surface area (Å²) in [6.45, 7) is 4.14. The van der Waals surface area contributed by atoms with Crippen molar-refractivity contribution in [3.63, 3.8) is 0 Å². The third-order valence-electron chi connectivity index (χ3n) is 4.12. The number of rotatable bonds is 14. The Hall–Kier alpha value is -1.06. The van der Waals surface area contributed by atoms with E-state index in [0.29, 0.717) is 0 Å². The molecule has 0 amide bonds. The van der Waals surface area contributed by atoms with Gasteiger partial charge in [0, 0.05) is 0 Å². The van der Waals surface area contributed by atoms with Crippen LogP contribution in [-0.2, 0) is 9.59 Å². The lowest BCUT2D eigenvalue weighted by Gasteiger charge is -2.13. The van der Waals surface area contributed by atoms with Crippen LogP contribution in [0.5, 0.6) is 0 Å². The van der Waals surface area contributed by atoms with Crippen molar-refractivity contribution in [2.24, 2.45) is 11.8 Å². The highest BCUT2D eigenvalue weighted by Crippen LogP contribution is 2.20. The van der Waals surface area contributed by atoms with Crippen molar-refractivity contribution in [1.82, 2.24) is 0 Å². The number of carbonyl (C=O) groups is 2. The van der Waals surface area contributed by atoms with Gasteiger partial charge in [0.25, 0.3) is 0 Å². The van der Waals surface area contributed by atoms with Crippen molar-refractivity contribution in [3.05, 3.63) is 0 Å². The first-order chi connectivity index (χ1) is 10.0. The van der Waals surface area contributed by atoms with Gasteiger partial charge in [-0.25, -0.2) is 0 Å². The molecule has 0 aliphatic heterocycles. The van der Waals surface area contributed by atoms with Crippen LogP contribution in [0, 0.1) is 11.8 Å². The molecule has 2 N–H and O–H groups in total. The maximum Gasteiger partial charge on any atom is 0.306 e. The van der Waals surface area contributed by atoms with E-state index < -0.39 is 11.9 Å². The highest BCUT2D eigenvalue weighted by molar-refractivity contribution is 5.70. The quantitative estimate of drug-likeness (QED) is 0.455. The predicted octanol–water partition coefficient (Wildman–Crippen LogP) is 4.72. The first-order valence-corrected chi connectivity index (χ1v) is 8.48. The molecule has 4 nitrogen and oxygen atoms in total. The predicted molar refractivity (Wildman–Crippen MR) is 84.4 cm³/mol. The Morgan fingerprint density at radius 1 is 0.667 bits per heavy atom. The van der Waals surface area contributed by atoms with Gasteiger partial charge in [-0.3, -0.25) is 9.59 Å². The number of hydrogen-bond donors (Lipinski definition) is 2. The second-order valence-corrected chi connectivity index (χ2v) is 5.99. The second kappa shape index (κ2) is 12.7. The fourth-order valence-electron chi connectivity index (χ4n) is 2.64. The first kappa shape index (κ1) is 19.9. The van der Waals surface area contributed by atoms with Crippen LogP contribution >= 0.6 is 0 Å². The zero-order chi connectivity index (χ0) is 16.1. The summed E-state index contributed by atoms with van der Waals surface area (Å²) in [5.74, 6) is -1.81. The minimum absolute atomic E-state index is 0.222. The zero-order valence-corrected chi connectivity index (χ0v) is 13.6. The Bertz CT molecular complexity index is 261. The number of carboxylic acids is 2. The second-order valence-electron chi connectivity index (χ2n) is 5.99. The molecule has 0 saturated carbocycles. The summed E-state index contributed by atoms with van der Waals surface area (Å²) in [4.78, 5) is 22.2. The van der Waals surface area contributed by atoms with Crippen LogP contribution in [0.3, 0.4) is 0 Å². The Kier molecular flexibility index (Phi) is 12.0. The molecule has 0 aromatic rings. The molecule has 0 radical (unpaired) electrons. The summed E-state index contributed by atoms with van der Waals surface area (Å²) >= 11 is 0. The van der Waals surface area contributed by atoms with Crippen LogP contribution in [0.1, 0.15) is 84.5 Å². The average molecular weight is 300 g/mol. The van der Waals surface area contributed by atoms with E-state index in [9.17, 15) is 9.59 Å². The molecule has 0 bridgehead atoms.